The van der Waals surface area contributed by atoms with Gasteiger partial charge in [-0.1, -0.05) is 68.9 Å². The van der Waals surface area contributed by atoms with Gasteiger partial charge in [-0.3, -0.25) is 62.3 Å². The molecular weight excluding hydrogens is 1360 g/mol. The van der Waals surface area contributed by atoms with E-state index in [0.29, 0.717) is 12.8 Å². The summed E-state index contributed by atoms with van der Waals surface area (Å²) < 4.78 is 83.6. The molecule has 0 spiro atoms. The fraction of sp³-hybridized carbons (Fsp3) is 0.638. The van der Waals surface area contributed by atoms with Crippen LogP contribution in [0.15, 0.2) is 48.5 Å². The Morgan fingerprint density at radius 2 is 0.806 bits per heavy atom. The van der Waals surface area contributed by atoms with Gasteiger partial charge >= 0.3 is 41.8 Å². The molecular formula is C69H100N6O28. The second kappa shape index (κ2) is 49.0. The largest absolute Gasteiger partial charge is 0.463 e. The minimum Gasteiger partial charge on any atom is -0.463 e. The molecule has 2 aromatic rings. The molecule has 2 heterocycles. The van der Waals surface area contributed by atoms with Crippen LogP contribution in [0.4, 0.5) is 5.69 Å². The molecule has 0 saturated carbocycles. The minimum absolute atomic E-state index is 0.00342. The first-order valence-electron chi connectivity index (χ1n) is 34.1. The van der Waals surface area contributed by atoms with E-state index in [4.69, 9.17) is 71.1 Å². The van der Waals surface area contributed by atoms with E-state index in [9.17, 15) is 62.3 Å². The number of carbonyl (C=O) groups is 13. The molecule has 574 valence electrons. The maximum atomic E-state index is 13.6. The third-order valence-corrected chi connectivity index (χ3v) is 14.9. The summed E-state index contributed by atoms with van der Waals surface area (Å²) in [7, 11) is 0. The van der Waals surface area contributed by atoms with E-state index in [2.05, 4.69) is 31.9 Å². The number of hydrogen-bond donors (Lipinski definition) is 6. The van der Waals surface area contributed by atoms with Crippen LogP contribution in [0.1, 0.15) is 146 Å². The molecule has 2 unspecified atom stereocenters. The van der Waals surface area contributed by atoms with Crippen molar-refractivity contribution in [2.24, 2.45) is 0 Å². The second-order valence-corrected chi connectivity index (χ2v) is 23.7. The van der Waals surface area contributed by atoms with Crippen molar-refractivity contribution in [2.45, 2.75) is 187 Å². The summed E-state index contributed by atoms with van der Waals surface area (Å²) >= 11 is 0. The van der Waals surface area contributed by atoms with E-state index in [0.717, 1.165) is 92.1 Å². The lowest BCUT2D eigenvalue weighted by Gasteiger charge is -2.44. The number of amides is 6. The Labute approximate surface area is 597 Å². The Bertz CT molecular complexity index is 2910. The van der Waals surface area contributed by atoms with Crippen LogP contribution in [0.5, 0.6) is 0 Å². The molecule has 2 aliphatic heterocycles. The topological polar surface area (TPSA) is 433 Å². The highest BCUT2D eigenvalue weighted by Gasteiger charge is 2.53. The van der Waals surface area contributed by atoms with Crippen LogP contribution in [0.25, 0.3) is 0 Å². The summed E-state index contributed by atoms with van der Waals surface area (Å²) in [4.78, 5) is 162. The van der Waals surface area contributed by atoms with Crippen LogP contribution >= 0.6 is 0 Å². The molecule has 103 heavy (non-hydrogen) atoms. The van der Waals surface area contributed by atoms with Crippen molar-refractivity contribution in [3.63, 3.8) is 0 Å². The third kappa shape index (κ3) is 36.3. The van der Waals surface area contributed by atoms with Gasteiger partial charge in [-0.2, -0.15) is 0 Å². The third-order valence-electron chi connectivity index (χ3n) is 14.9. The van der Waals surface area contributed by atoms with Gasteiger partial charge in [0.1, 0.15) is 44.1 Å². The van der Waals surface area contributed by atoms with Gasteiger partial charge in [-0.15, -0.1) is 0 Å². The summed E-state index contributed by atoms with van der Waals surface area (Å²) in [5.41, 5.74) is 1.00. The summed E-state index contributed by atoms with van der Waals surface area (Å²) in [5, 5.41) is 15.9. The highest BCUT2D eigenvalue weighted by Crippen LogP contribution is 2.30. The molecule has 10 atom stereocenters. The van der Waals surface area contributed by atoms with Gasteiger partial charge in [0.2, 0.25) is 23.6 Å². The van der Waals surface area contributed by atoms with E-state index in [1.807, 2.05) is 30.3 Å². The first-order chi connectivity index (χ1) is 49.3. The molecule has 0 aliphatic carbocycles. The lowest BCUT2D eigenvalue weighted by Crippen LogP contribution is -2.66. The number of nitrogens with one attached hydrogen (secondary N) is 6. The Balaban J connectivity index is 1.26. The van der Waals surface area contributed by atoms with Crippen molar-refractivity contribution in [3.8, 4) is 0 Å². The number of carbonyl (C=O) groups excluding carboxylic acids is 13. The normalized spacial score (nSPS) is 19.8. The van der Waals surface area contributed by atoms with Crippen molar-refractivity contribution in [2.75, 3.05) is 104 Å². The molecule has 6 N–H and O–H groups in total. The number of unbranched alkanes of at least 4 members (excludes halogenated alkanes) is 7. The molecule has 0 bridgehead atoms. The predicted molar refractivity (Wildman–Crippen MR) is 358 cm³/mol. The molecule has 34 nitrogen and oxygen atoms in total. The Morgan fingerprint density at radius 1 is 0.408 bits per heavy atom. The molecule has 2 saturated heterocycles. The lowest BCUT2D eigenvalue weighted by molar-refractivity contribution is -0.279. The smallest absolute Gasteiger partial charge is 0.306 e. The molecule has 0 radical (unpaired) electrons. The highest BCUT2D eigenvalue weighted by atomic mass is 16.7. The quantitative estimate of drug-likeness (QED) is 0.0314. The number of esters is 7. The van der Waals surface area contributed by atoms with E-state index < -0.39 is 146 Å². The molecule has 34 heteroatoms. The van der Waals surface area contributed by atoms with Crippen molar-refractivity contribution >= 4 is 82.9 Å². The Morgan fingerprint density at radius 3 is 1.22 bits per heavy atom. The number of ether oxygens (including phenoxy) is 15. The first kappa shape index (κ1) is 86.6. The molecule has 4 rings (SSSR count). The predicted octanol–water partition coefficient (Wildman–Crippen LogP) is 2.26. The van der Waals surface area contributed by atoms with E-state index in [1.165, 1.54) is 32.0 Å². The van der Waals surface area contributed by atoms with E-state index in [1.54, 1.807) is 0 Å². The van der Waals surface area contributed by atoms with Crippen LogP contribution in [0, 0.1) is 0 Å². The van der Waals surface area contributed by atoms with Gasteiger partial charge < -0.3 is 103 Å². The second-order valence-electron chi connectivity index (χ2n) is 23.7. The van der Waals surface area contributed by atoms with Gasteiger partial charge in [-0.25, -0.2) is 0 Å². The summed E-state index contributed by atoms with van der Waals surface area (Å²) in [5.74, 6) is -7.90. The van der Waals surface area contributed by atoms with Gasteiger partial charge in [0.15, 0.2) is 37.0 Å². The molecule has 0 aromatic heterocycles. The summed E-state index contributed by atoms with van der Waals surface area (Å²) in [6.45, 7) is 8.24. The van der Waals surface area contributed by atoms with E-state index in [-0.39, 0.29) is 121 Å². The lowest BCUT2D eigenvalue weighted by atomic mass is 9.96. The van der Waals surface area contributed by atoms with Crippen LogP contribution in [0.3, 0.4) is 0 Å². The van der Waals surface area contributed by atoms with Crippen LogP contribution < -0.4 is 31.9 Å². The molecule has 2 aromatic carbocycles. The molecule has 2 fully saturated rings. The van der Waals surface area contributed by atoms with Crippen molar-refractivity contribution in [3.05, 3.63) is 65.2 Å². The number of hydrogen-bond acceptors (Lipinski definition) is 28. The SMILES string of the molecule is CC(=O)N[C@@H]1C(OCCOCCOCCNC(=O)c2cc(NC(=O)CNC(=O)CCCCCCCCCCC(=O)OCc3ccccc3)cc(C(=O)NCCOCCOCCOC3O[C@H](COC(C)=O)[C@H](OC(C)=O)[C@H](OC(C)=O)[C@H]3NC(C)=O)c2)O[C@@H](COC(C)=O)[C@@H](OC(C)=O)[C@H]1OC(C)=O. The fourth-order valence-electron chi connectivity index (χ4n) is 10.5. The standard InChI is InChI=1S/C69H100N6O28/c1-43(76)73-60-64(100-49(7)82)62(98-47(5)80)55(41-95-45(3)78)102-68(60)93-34-32-91-30-28-89-26-24-70-66(87)52-36-53(38-54(37-52)75-58(85)39-72-57(84)22-18-13-11-9-10-12-14-19-23-59(86)97-40-51-20-16-15-17-21-51)67(88)71-25-27-90-29-31-92-33-35-94-69-61(74-44(2)77)65(101-50(8)83)63(99-48(6)81)56(103-69)42-96-46(4)79/h15-17,20-21,36-38,55-56,60-65,68-69H,9-14,18-19,22-35,39-42H2,1-8H3,(H,70,87)(H,71,88)(H,72,84)(H,73,76)(H,74,77)(H,75,85)/t55-,56+,60-,61+,62+,63-,64-,65+,68?,69?. The van der Waals surface area contributed by atoms with Crippen molar-refractivity contribution in [1.82, 2.24) is 26.6 Å². The summed E-state index contributed by atoms with van der Waals surface area (Å²) in [6.07, 6.45) is -2.56. The van der Waals surface area contributed by atoms with Crippen molar-refractivity contribution < 1.29 is 133 Å². The number of benzene rings is 2. The fourth-order valence-corrected chi connectivity index (χ4v) is 10.5. The maximum absolute atomic E-state index is 13.6. The van der Waals surface area contributed by atoms with Crippen LogP contribution in [-0.2, 0) is 130 Å². The zero-order valence-electron chi connectivity index (χ0n) is 59.7. The zero-order chi connectivity index (χ0) is 75.5. The summed E-state index contributed by atoms with van der Waals surface area (Å²) in [6, 6.07) is 11.2. The van der Waals surface area contributed by atoms with Gasteiger partial charge in [-0.05, 0) is 36.6 Å². The first-order valence-corrected chi connectivity index (χ1v) is 34.1. The minimum atomic E-state index is -1.31. The van der Waals surface area contributed by atoms with Crippen molar-refractivity contribution in [1.29, 1.82) is 0 Å². The van der Waals surface area contributed by atoms with Crippen LogP contribution in [-0.4, -0.2) is 237 Å². The zero-order valence-corrected chi connectivity index (χ0v) is 59.7. The van der Waals surface area contributed by atoms with Gasteiger partial charge in [0, 0.05) is 98.1 Å². The molecule has 2 aliphatic rings. The average Bonchev–Trinajstić information content (AvgIpc) is 0.796. The van der Waals surface area contributed by atoms with Crippen LogP contribution in [0.2, 0.25) is 0 Å². The molecule has 6 amide bonds. The van der Waals surface area contributed by atoms with Gasteiger partial charge in [0.25, 0.3) is 11.8 Å². The maximum Gasteiger partial charge on any atom is 0.306 e. The van der Waals surface area contributed by atoms with Gasteiger partial charge in [0.05, 0.1) is 72.6 Å². The monoisotopic (exact) mass is 1460 g/mol. The van der Waals surface area contributed by atoms with E-state index >= 15 is 0 Å². The average molecular weight is 1460 g/mol. The number of rotatable bonds is 48. The highest BCUT2D eigenvalue weighted by molar-refractivity contribution is 6.03. The Kier molecular flexibility index (Phi) is 41.2. The Hall–Kier alpha value is -8.77. The number of anilines is 1.